The number of aryl methyl sites for hydroxylation is 1. The first-order valence-corrected chi connectivity index (χ1v) is 16.4. The van der Waals surface area contributed by atoms with E-state index in [0.29, 0.717) is 5.02 Å². The van der Waals surface area contributed by atoms with E-state index in [4.69, 9.17) is 11.6 Å². The van der Waals surface area contributed by atoms with Crippen LogP contribution in [0.25, 0.3) is 0 Å². The van der Waals surface area contributed by atoms with Crippen molar-refractivity contribution in [1.29, 1.82) is 0 Å². The van der Waals surface area contributed by atoms with E-state index >= 15 is 0 Å². The molecular formula is C35H38ClN3O4S. The summed E-state index contributed by atoms with van der Waals surface area (Å²) in [5.41, 5.74) is 3.04. The third-order valence-electron chi connectivity index (χ3n) is 7.47. The standard InChI is InChI=1S/C35H38ClN3O4S/c1-4-27(3)37-35(41)33(23-28-11-7-5-8-12-28)38(24-29-17-15-26(2)16-18-29)34(40)25-39(31-21-19-30(36)20-22-31)44(42,43)32-13-9-6-10-14-32/h5-22,27,33H,4,23-25H2,1-3H3,(H,37,41). The van der Waals surface area contributed by atoms with E-state index in [1.807, 2.05) is 75.4 Å². The first-order chi connectivity index (χ1) is 21.1. The van der Waals surface area contributed by atoms with Crippen LogP contribution < -0.4 is 9.62 Å². The smallest absolute Gasteiger partial charge is 0.264 e. The Balaban J connectivity index is 1.79. The van der Waals surface area contributed by atoms with E-state index in [-0.39, 0.29) is 35.5 Å². The SMILES string of the molecule is CCC(C)NC(=O)C(Cc1ccccc1)N(Cc1ccc(C)cc1)C(=O)CN(c1ccc(Cl)cc1)S(=O)(=O)c1ccccc1. The number of hydrogen-bond acceptors (Lipinski definition) is 4. The first kappa shape index (κ1) is 32.8. The molecule has 0 aromatic heterocycles. The summed E-state index contributed by atoms with van der Waals surface area (Å²) < 4.78 is 29.1. The second kappa shape index (κ2) is 15.0. The lowest BCUT2D eigenvalue weighted by Gasteiger charge is -2.34. The van der Waals surface area contributed by atoms with Gasteiger partial charge >= 0.3 is 0 Å². The Labute approximate surface area is 265 Å². The molecule has 0 aliphatic carbocycles. The van der Waals surface area contributed by atoms with Crippen molar-refractivity contribution in [3.05, 3.63) is 131 Å². The summed E-state index contributed by atoms with van der Waals surface area (Å²) in [7, 11) is -4.16. The number of sulfonamides is 1. The largest absolute Gasteiger partial charge is 0.352 e. The van der Waals surface area contributed by atoms with Crippen LogP contribution in [0.5, 0.6) is 0 Å². The molecule has 0 aliphatic rings. The minimum absolute atomic E-state index is 0.0446. The maximum Gasteiger partial charge on any atom is 0.264 e. The highest BCUT2D eigenvalue weighted by molar-refractivity contribution is 7.92. The van der Waals surface area contributed by atoms with Gasteiger partial charge in [0, 0.05) is 24.0 Å². The predicted molar refractivity (Wildman–Crippen MR) is 176 cm³/mol. The minimum atomic E-state index is -4.16. The molecular weight excluding hydrogens is 594 g/mol. The lowest BCUT2D eigenvalue weighted by atomic mass is 10.0. The monoisotopic (exact) mass is 631 g/mol. The fourth-order valence-electron chi connectivity index (χ4n) is 4.74. The number of nitrogens with one attached hydrogen (secondary N) is 1. The molecule has 7 nitrogen and oxygen atoms in total. The predicted octanol–water partition coefficient (Wildman–Crippen LogP) is 6.40. The van der Waals surface area contributed by atoms with Crippen LogP contribution in [0.3, 0.4) is 0 Å². The molecule has 0 saturated heterocycles. The molecule has 0 bridgehead atoms. The van der Waals surface area contributed by atoms with Crippen LogP contribution in [-0.2, 0) is 32.6 Å². The van der Waals surface area contributed by atoms with E-state index in [9.17, 15) is 18.0 Å². The number of anilines is 1. The van der Waals surface area contributed by atoms with Crippen LogP contribution in [0.15, 0.2) is 114 Å². The summed E-state index contributed by atoms with van der Waals surface area (Å²) in [6.45, 7) is 5.46. The van der Waals surface area contributed by atoms with Gasteiger partial charge in [0.05, 0.1) is 10.6 Å². The fourth-order valence-corrected chi connectivity index (χ4v) is 6.30. The number of benzene rings is 4. The Hall–Kier alpha value is -4.14. The van der Waals surface area contributed by atoms with E-state index in [0.717, 1.165) is 27.4 Å². The van der Waals surface area contributed by atoms with E-state index in [2.05, 4.69) is 5.32 Å². The molecule has 230 valence electrons. The molecule has 0 radical (unpaired) electrons. The number of hydrogen-bond donors (Lipinski definition) is 1. The molecule has 0 spiro atoms. The second-order valence-electron chi connectivity index (χ2n) is 10.8. The average Bonchev–Trinajstić information content (AvgIpc) is 3.03. The molecule has 2 unspecified atom stereocenters. The molecule has 0 fully saturated rings. The number of nitrogens with zero attached hydrogens (tertiary/aromatic N) is 2. The van der Waals surface area contributed by atoms with Crippen LogP contribution in [0.2, 0.25) is 5.02 Å². The van der Waals surface area contributed by atoms with Crippen molar-refractivity contribution in [2.45, 2.75) is 57.1 Å². The van der Waals surface area contributed by atoms with Crippen LogP contribution in [-0.4, -0.2) is 43.8 Å². The van der Waals surface area contributed by atoms with Crippen molar-refractivity contribution in [1.82, 2.24) is 10.2 Å². The minimum Gasteiger partial charge on any atom is -0.352 e. The normalized spacial score (nSPS) is 12.6. The molecule has 0 heterocycles. The summed E-state index contributed by atoms with van der Waals surface area (Å²) >= 11 is 6.12. The van der Waals surface area contributed by atoms with Crippen LogP contribution in [0.4, 0.5) is 5.69 Å². The third kappa shape index (κ3) is 8.49. The van der Waals surface area contributed by atoms with Gasteiger partial charge in [0.1, 0.15) is 12.6 Å². The van der Waals surface area contributed by atoms with Crippen LogP contribution >= 0.6 is 11.6 Å². The zero-order valence-corrected chi connectivity index (χ0v) is 26.8. The fraction of sp³-hybridized carbons (Fsp3) is 0.257. The molecule has 4 aromatic carbocycles. The first-order valence-electron chi connectivity index (χ1n) is 14.6. The van der Waals surface area contributed by atoms with Crippen LogP contribution in [0.1, 0.15) is 37.0 Å². The topological polar surface area (TPSA) is 86.8 Å². The molecule has 9 heteroatoms. The zero-order chi connectivity index (χ0) is 31.7. The Morgan fingerprint density at radius 1 is 0.818 bits per heavy atom. The average molecular weight is 632 g/mol. The maximum atomic E-state index is 14.4. The highest BCUT2D eigenvalue weighted by atomic mass is 35.5. The Bertz CT molecular complexity index is 1630. The molecule has 2 atom stereocenters. The van der Waals surface area contributed by atoms with Crippen molar-refractivity contribution in [3.8, 4) is 0 Å². The van der Waals surface area contributed by atoms with Gasteiger partial charge in [-0.15, -0.1) is 0 Å². The van der Waals surface area contributed by atoms with Crippen molar-refractivity contribution in [2.75, 3.05) is 10.8 Å². The summed E-state index contributed by atoms with van der Waals surface area (Å²) in [6, 6.07) is 30.5. The number of carbonyl (C=O) groups is 2. The van der Waals surface area contributed by atoms with Gasteiger partial charge in [-0.2, -0.15) is 0 Å². The summed E-state index contributed by atoms with van der Waals surface area (Å²) in [4.78, 5) is 29.9. The summed E-state index contributed by atoms with van der Waals surface area (Å²) in [5.74, 6) is -0.812. The van der Waals surface area contributed by atoms with Gasteiger partial charge in [0.15, 0.2) is 0 Å². The highest BCUT2D eigenvalue weighted by Gasteiger charge is 2.35. The van der Waals surface area contributed by atoms with E-state index in [1.165, 1.54) is 17.0 Å². The van der Waals surface area contributed by atoms with Crippen molar-refractivity contribution >= 4 is 39.1 Å². The quantitative estimate of drug-likeness (QED) is 0.185. The van der Waals surface area contributed by atoms with E-state index < -0.39 is 28.5 Å². The Morgan fingerprint density at radius 3 is 2.00 bits per heavy atom. The summed E-state index contributed by atoms with van der Waals surface area (Å²) in [5, 5.41) is 3.48. The van der Waals surface area contributed by atoms with Gasteiger partial charge in [-0.1, -0.05) is 96.9 Å². The third-order valence-corrected chi connectivity index (χ3v) is 9.51. The number of carbonyl (C=O) groups excluding carboxylic acids is 2. The maximum absolute atomic E-state index is 14.4. The zero-order valence-electron chi connectivity index (χ0n) is 25.2. The van der Waals surface area contributed by atoms with Gasteiger partial charge in [-0.05, 0) is 67.8 Å². The van der Waals surface area contributed by atoms with Crippen molar-refractivity contribution in [3.63, 3.8) is 0 Å². The molecule has 4 rings (SSSR count). The molecule has 0 saturated carbocycles. The van der Waals surface area contributed by atoms with Gasteiger partial charge in [-0.3, -0.25) is 13.9 Å². The molecule has 1 N–H and O–H groups in total. The van der Waals surface area contributed by atoms with E-state index in [1.54, 1.807) is 42.5 Å². The molecule has 2 amide bonds. The summed E-state index contributed by atoms with van der Waals surface area (Å²) in [6.07, 6.45) is 0.975. The van der Waals surface area contributed by atoms with Crippen LogP contribution in [0, 0.1) is 6.92 Å². The lowest BCUT2D eigenvalue weighted by Crippen LogP contribution is -2.54. The Morgan fingerprint density at radius 2 is 1.41 bits per heavy atom. The highest BCUT2D eigenvalue weighted by Crippen LogP contribution is 2.26. The lowest BCUT2D eigenvalue weighted by molar-refractivity contribution is -0.140. The van der Waals surface area contributed by atoms with Gasteiger partial charge < -0.3 is 10.2 Å². The van der Waals surface area contributed by atoms with Gasteiger partial charge in [0.2, 0.25) is 11.8 Å². The molecule has 44 heavy (non-hydrogen) atoms. The van der Waals surface area contributed by atoms with Crippen molar-refractivity contribution in [2.24, 2.45) is 0 Å². The number of rotatable bonds is 13. The molecule has 4 aromatic rings. The van der Waals surface area contributed by atoms with Gasteiger partial charge in [-0.25, -0.2) is 8.42 Å². The second-order valence-corrected chi connectivity index (χ2v) is 13.1. The number of amides is 2. The number of halogens is 1. The molecule has 0 aliphatic heterocycles. The Kier molecular flexibility index (Phi) is 11.2. The van der Waals surface area contributed by atoms with Crippen molar-refractivity contribution < 1.29 is 18.0 Å². The van der Waals surface area contributed by atoms with Gasteiger partial charge in [0.25, 0.3) is 10.0 Å².